The minimum Gasteiger partial charge on any atom is -0.459 e. The fraction of sp³-hybridized carbons (Fsp3) is 0.348. The number of morpholine rings is 1. The van der Waals surface area contributed by atoms with Crippen LogP contribution in [0, 0.1) is 6.92 Å². The summed E-state index contributed by atoms with van der Waals surface area (Å²) in [7, 11) is 0. The van der Waals surface area contributed by atoms with Crippen molar-refractivity contribution in [2.24, 2.45) is 4.99 Å². The summed E-state index contributed by atoms with van der Waals surface area (Å²) in [5.74, 6) is -0.362. The van der Waals surface area contributed by atoms with Crippen LogP contribution in [0.25, 0.3) is 21.3 Å². The van der Waals surface area contributed by atoms with Gasteiger partial charge in [-0.2, -0.15) is 0 Å². The summed E-state index contributed by atoms with van der Waals surface area (Å²) in [4.78, 5) is 25.7. The Morgan fingerprint density at radius 2 is 2.00 bits per heavy atom. The van der Waals surface area contributed by atoms with Crippen LogP contribution in [-0.2, 0) is 9.47 Å². The molecule has 0 amide bonds. The number of carbonyl (C=O) groups is 1. The van der Waals surface area contributed by atoms with Gasteiger partial charge in [0.05, 0.1) is 25.7 Å². The quantitative estimate of drug-likeness (QED) is 0.334. The van der Waals surface area contributed by atoms with Crippen molar-refractivity contribution in [2.45, 2.75) is 26.9 Å². The maximum atomic E-state index is 12.9. The van der Waals surface area contributed by atoms with Gasteiger partial charge in [-0.1, -0.05) is 30.3 Å². The molecule has 7 heteroatoms. The van der Waals surface area contributed by atoms with E-state index in [0.717, 1.165) is 40.1 Å². The number of pyridine rings is 1. The van der Waals surface area contributed by atoms with Gasteiger partial charge in [-0.3, -0.25) is 0 Å². The average Bonchev–Trinajstić information content (AvgIpc) is 3.11. The number of hydrogen-bond donors (Lipinski definition) is 0. The summed E-state index contributed by atoms with van der Waals surface area (Å²) in [6, 6.07) is 12.2. The van der Waals surface area contributed by atoms with Gasteiger partial charge >= 0.3 is 5.97 Å². The Labute approximate surface area is 180 Å². The molecule has 3 aromatic rings. The van der Waals surface area contributed by atoms with Gasteiger partial charge in [-0.05, 0) is 38.0 Å². The van der Waals surface area contributed by atoms with Crippen molar-refractivity contribution in [3.05, 3.63) is 47.0 Å². The second-order valence-electron chi connectivity index (χ2n) is 7.48. The smallest absolute Gasteiger partial charge is 0.350 e. The largest absolute Gasteiger partial charge is 0.459 e. The van der Waals surface area contributed by atoms with E-state index in [-0.39, 0.29) is 12.1 Å². The highest BCUT2D eigenvalue weighted by molar-refractivity contribution is 7.21. The van der Waals surface area contributed by atoms with E-state index in [4.69, 9.17) is 19.5 Å². The van der Waals surface area contributed by atoms with E-state index in [1.54, 1.807) is 0 Å². The molecule has 6 nitrogen and oxygen atoms in total. The Bertz CT molecular complexity index is 1070. The van der Waals surface area contributed by atoms with Crippen LogP contribution in [0.1, 0.15) is 29.2 Å². The van der Waals surface area contributed by atoms with E-state index in [0.29, 0.717) is 23.8 Å². The van der Waals surface area contributed by atoms with Gasteiger partial charge in [0, 0.05) is 24.2 Å². The summed E-state index contributed by atoms with van der Waals surface area (Å²) in [6.45, 7) is 8.57. The molecule has 0 aliphatic carbocycles. The Hall–Kier alpha value is -2.77. The molecule has 2 aromatic heterocycles. The van der Waals surface area contributed by atoms with Crippen molar-refractivity contribution in [3.63, 3.8) is 0 Å². The van der Waals surface area contributed by atoms with Gasteiger partial charge in [-0.25, -0.2) is 14.8 Å². The Kier molecular flexibility index (Phi) is 6.11. The second-order valence-corrected chi connectivity index (χ2v) is 8.48. The third-order valence-electron chi connectivity index (χ3n) is 4.77. The molecular weight excluding hydrogens is 398 g/mol. The molecule has 156 valence electrons. The maximum Gasteiger partial charge on any atom is 0.350 e. The van der Waals surface area contributed by atoms with Crippen molar-refractivity contribution < 1.29 is 14.3 Å². The van der Waals surface area contributed by atoms with E-state index >= 15 is 0 Å². The van der Waals surface area contributed by atoms with Crippen LogP contribution in [0.5, 0.6) is 0 Å². The van der Waals surface area contributed by atoms with Crippen molar-refractivity contribution in [1.29, 1.82) is 0 Å². The van der Waals surface area contributed by atoms with Crippen LogP contribution in [0.2, 0.25) is 0 Å². The van der Waals surface area contributed by atoms with E-state index in [2.05, 4.69) is 23.1 Å². The summed E-state index contributed by atoms with van der Waals surface area (Å²) in [5, 5.41) is 0.886. The standard InChI is InChI=1S/C23H25N3O3S/c1-15(2)29-23(27)21-20(24-14-26-9-11-28-12-10-26)19-18(17-7-5-4-6-8-17)13-16(3)25-22(19)30-21/h4-8,13-15H,9-12H2,1-3H3. The number of ether oxygens (including phenoxy) is 2. The number of thiophene rings is 1. The zero-order valence-electron chi connectivity index (χ0n) is 17.4. The monoisotopic (exact) mass is 423 g/mol. The molecule has 0 saturated carbocycles. The normalized spacial score (nSPS) is 14.7. The predicted molar refractivity (Wildman–Crippen MR) is 121 cm³/mol. The predicted octanol–water partition coefficient (Wildman–Crippen LogP) is 4.83. The maximum absolute atomic E-state index is 12.9. The fourth-order valence-electron chi connectivity index (χ4n) is 3.41. The lowest BCUT2D eigenvalue weighted by Gasteiger charge is -2.24. The molecule has 0 atom stereocenters. The SMILES string of the molecule is Cc1cc(-c2ccccc2)c2c(N=CN3CCOCC3)c(C(=O)OC(C)C)sc2n1. The highest BCUT2D eigenvalue weighted by Crippen LogP contribution is 2.43. The molecule has 30 heavy (non-hydrogen) atoms. The molecule has 0 unspecified atom stereocenters. The highest BCUT2D eigenvalue weighted by Gasteiger charge is 2.24. The molecule has 3 heterocycles. The van der Waals surface area contributed by atoms with Crippen molar-refractivity contribution in [1.82, 2.24) is 9.88 Å². The van der Waals surface area contributed by atoms with Crippen LogP contribution in [0.4, 0.5) is 5.69 Å². The minimum atomic E-state index is -0.362. The first-order valence-corrected chi connectivity index (χ1v) is 10.9. The molecule has 1 aliphatic rings. The fourth-order valence-corrected chi connectivity index (χ4v) is 4.49. The van der Waals surface area contributed by atoms with Gasteiger partial charge in [0.15, 0.2) is 0 Å². The Balaban J connectivity index is 1.89. The number of esters is 1. The van der Waals surface area contributed by atoms with Crippen molar-refractivity contribution in [2.75, 3.05) is 26.3 Å². The van der Waals surface area contributed by atoms with Gasteiger partial charge in [-0.15, -0.1) is 11.3 Å². The summed E-state index contributed by atoms with van der Waals surface area (Å²) in [6.07, 6.45) is 1.60. The first-order chi connectivity index (χ1) is 14.5. The molecule has 1 fully saturated rings. The second kappa shape index (κ2) is 8.93. The first-order valence-electron chi connectivity index (χ1n) is 10.1. The molecule has 1 aromatic carbocycles. The summed E-state index contributed by atoms with van der Waals surface area (Å²) in [5.41, 5.74) is 3.61. The number of aryl methyl sites for hydroxylation is 1. The van der Waals surface area contributed by atoms with Gasteiger partial charge < -0.3 is 14.4 Å². The lowest BCUT2D eigenvalue weighted by molar-refractivity contribution is 0.0385. The number of benzene rings is 1. The van der Waals surface area contributed by atoms with Crippen molar-refractivity contribution >= 4 is 39.5 Å². The molecule has 0 bridgehead atoms. The third-order valence-corrected chi connectivity index (χ3v) is 5.83. The molecular formula is C23H25N3O3S. The van der Waals surface area contributed by atoms with Gasteiger partial charge in [0.2, 0.25) is 0 Å². The molecule has 1 aliphatic heterocycles. The zero-order chi connectivity index (χ0) is 21.1. The van der Waals surface area contributed by atoms with Crippen LogP contribution in [-0.4, -0.2) is 54.6 Å². The lowest BCUT2D eigenvalue weighted by atomic mass is 10.0. The average molecular weight is 424 g/mol. The molecule has 0 radical (unpaired) electrons. The summed E-state index contributed by atoms with van der Waals surface area (Å²) < 4.78 is 10.9. The summed E-state index contributed by atoms with van der Waals surface area (Å²) >= 11 is 1.34. The molecule has 0 spiro atoms. The highest BCUT2D eigenvalue weighted by atomic mass is 32.1. The van der Waals surface area contributed by atoms with Crippen LogP contribution < -0.4 is 0 Å². The number of aliphatic imine (C=N–C) groups is 1. The number of rotatable bonds is 5. The third kappa shape index (κ3) is 4.37. The van der Waals surface area contributed by atoms with Gasteiger partial charge in [0.25, 0.3) is 0 Å². The number of carbonyl (C=O) groups excluding carboxylic acids is 1. The Morgan fingerprint density at radius 1 is 1.27 bits per heavy atom. The molecule has 4 rings (SSSR count). The number of fused-ring (bicyclic) bond motifs is 1. The van der Waals surface area contributed by atoms with Crippen LogP contribution >= 0.6 is 11.3 Å². The Morgan fingerprint density at radius 3 is 2.70 bits per heavy atom. The van der Waals surface area contributed by atoms with E-state index in [1.807, 2.05) is 45.3 Å². The number of hydrogen-bond acceptors (Lipinski definition) is 6. The number of aromatic nitrogens is 1. The number of nitrogens with zero attached hydrogens (tertiary/aromatic N) is 3. The van der Waals surface area contributed by atoms with Crippen LogP contribution in [0.3, 0.4) is 0 Å². The topological polar surface area (TPSA) is 64.0 Å². The van der Waals surface area contributed by atoms with Crippen molar-refractivity contribution in [3.8, 4) is 11.1 Å². The first kappa shape index (κ1) is 20.5. The lowest BCUT2D eigenvalue weighted by Crippen LogP contribution is -2.35. The van der Waals surface area contributed by atoms with E-state index in [1.165, 1.54) is 11.3 Å². The molecule has 1 saturated heterocycles. The van der Waals surface area contributed by atoms with Crippen LogP contribution in [0.15, 0.2) is 41.4 Å². The van der Waals surface area contributed by atoms with Gasteiger partial charge in [0.1, 0.15) is 15.4 Å². The van der Waals surface area contributed by atoms with E-state index in [9.17, 15) is 4.79 Å². The minimum absolute atomic E-state index is 0.206. The van der Waals surface area contributed by atoms with E-state index < -0.39 is 0 Å². The zero-order valence-corrected chi connectivity index (χ0v) is 18.2. The molecule has 0 N–H and O–H groups in total.